The minimum Gasteiger partial charge on any atom is -0.0619 e. The van der Waals surface area contributed by atoms with E-state index in [9.17, 15) is 0 Å². The van der Waals surface area contributed by atoms with Crippen molar-refractivity contribution in [2.45, 2.75) is 48.0 Å². The van der Waals surface area contributed by atoms with Crippen LogP contribution in [0.15, 0.2) is 0 Å². The third-order valence-corrected chi connectivity index (χ3v) is 7.68. The van der Waals surface area contributed by atoms with Gasteiger partial charge in [0.25, 0.3) is 0 Å². The topological polar surface area (TPSA) is 0 Å². The lowest BCUT2D eigenvalue weighted by Gasteiger charge is -2.79. The molecule has 3 saturated carbocycles. The highest BCUT2D eigenvalue weighted by Gasteiger charge is 2.85. The maximum absolute atomic E-state index is 2.58. The average molecular weight is 192 g/mol. The lowest BCUT2D eigenvalue weighted by Crippen LogP contribution is -2.74. The van der Waals surface area contributed by atoms with Crippen LogP contribution in [0.5, 0.6) is 0 Å². The Morgan fingerprint density at radius 3 is 1.86 bits per heavy atom. The van der Waals surface area contributed by atoms with Gasteiger partial charge in [0.15, 0.2) is 0 Å². The van der Waals surface area contributed by atoms with E-state index in [0.717, 1.165) is 23.7 Å². The highest BCUT2D eigenvalue weighted by molar-refractivity contribution is 5.32. The number of hydrogen-bond acceptors (Lipinski definition) is 0. The van der Waals surface area contributed by atoms with Crippen LogP contribution in [0, 0.1) is 39.9 Å². The van der Waals surface area contributed by atoms with E-state index < -0.39 is 0 Å². The molecule has 0 amide bonds. The van der Waals surface area contributed by atoms with E-state index >= 15 is 0 Å². The molecule has 80 valence electrons. The molecular weight excluding hydrogens is 168 g/mol. The molecule has 3 aliphatic carbocycles. The lowest BCUT2D eigenvalue weighted by molar-refractivity contribution is -0.320. The van der Waals surface area contributed by atoms with Crippen molar-refractivity contribution >= 4 is 0 Å². The molecular formula is C14H24. The molecule has 3 rings (SSSR count). The molecule has 0 aliphatic heterocycles. The van der Waals surface area contributed by atoms with Crippen LogP contribution in [0.1, 0.15) is 48.0 Å². The van der Waals surface area contributed by atoms with Gasteiger partial charge in [-0.15, -0.1) is 0 Å². The van der Waals surface area contributed by atoms with Crippen molar-refractivity contribution in [3.05, 3.63) is 0 Å². The summed E-state index contributed by atoms with van der Waals surface area (Å²) in [5, 5.41) is 0. The zero-order valence-corrected chi connectivity index (χ0v) is 10.5. The molecule has 0 aromatic rings. The number of rotatable bonds is 0. The summed E-state index contributed by atoms with van der Waals surface area (Å²) in [6.07, 6.45) is 1.49. The van der Waals surface area contributed by atoms with Crippen molar-refractivity contribution in [1.29, 1.82) is 0 Å². The van der Waals surface area contributed by atoms with Crippen LogP contribution in [-0.4, -0.2) is 0 Å². The Kier molecular flexibility index (Phi) is 1.29. The summed E-state index contributed by atoms with van der Waals surface area (Å²) in [7, 11) is 0. The summed E-state index contributed by atoms with van der Waals surface area (Å²) in [6, 6.07) is 0. The van der Waals surface area contributed by atoms with Crippen LogP contribution in [0.4, 0.5) is 0 Å². The molecule has 0 spiro atoms. The summed E-state index contributed by atoms with van der Waals surface area (Å²) in [5.41, 5.74) is 2.03. The fourth-order valence-electron chi connectivity index (χ4n) is 6.38. The first-order chi connectivity index (χ1) is 6.31. The van der Waals surface area contributed by atoms with Crippen LogP contribution in [0.2, 0.25) is 0 Å². The summed E-state index contributed by atoms with van der Waals surface area (Å²) >= 11 is 0. The molecule has 7 atom stereocenters. The maximum Gasteiger partial charge on any atom is -0.0179 e. The molecule has 0 N–H and O–H groups in total. The first-order valence-electron chi connectivity index (χ1n) is 6.31. The van der Waals surface area contributed by atoms with Crippen molar-refractivity contribution in [2.75, 3.05) is 0 Å². The Labute approximate surface area is 88.5 Å². The van der Waals surface area contributed by atoms with Gasteiger partial charge >= 0.3 is 0 Å². The molecule has 0 aromatic heterocycles. The molecule has 0 aromatic carbocycles. The van der Waals surface area contributed by atoms with Crippen molar-refractivity contribution in [2.24, 2.45) is 39.9 Å². The molecule has 3 aliphatic rings. The van der Waals surface area contributed by atoms with Crippen LogP contribution < -0.4 is 0 Å². The van der Waals surface area contributed by atoms with Gasteiger partial charge < -0.3 is 0 Å². The first-order valence-corrected chi connectivity index (χ1v) is 6.31. The smallest absolute Gasteiger partial charge is 0.0179 e. The lowest BCUT2D eigenvalue weighted by atomic mass is 9.24. The van der Waals surface area contributed by atoms with Gasteiger partial charge in [-0.3, -0.25) is 0 Å². The van der Waals surface area contributed by atoms with Gasteiger partial charge in [0.05, 0.1) is 0 Å². The molecule has 0 heterocycles. The fourth-order valence-corrected chi connectivity index (χ4v) is 6.38. The monoisotopic (exact) mass is 192 g/mol. The van der Waals surface area contributed by atoms with Gasteiger partial charge in [-0.1, -0.05) is 41.5 Å². The molecule has 0 saturated heterocycles. The van der Waals surface area contributed by atoms with Gasteiger partial charge in [0, 0.05) is 0 Å². The van der Waals surface area contributed by atoms with E-state index in [1.54, 1.807) is 0 Å². The Bertz CT molecular complexity index is 307. The molecule has 3 fully saturated rings. The van der Waals surface area contributed by atoms with Crippen LogP contribution >= 0.6 is 0 Å². The van der Waals surface area contributed by atoms with E-state index in [-0.39, 0.29) is 0 Å². The van der Waals surface area contributed by atoms with Crippen molar-refractivity contribution in [1.82, 2.24) is 0 Å². The van der Waals surface area contributed by atoms with E-state index in [1.807, 2.05) is 0 Å². The first kappa shape index (κ1) is 9.24. The quantitative estimate of drug-likeness (QED) is 0.545. The summed E-state index contributed by atoms with van der Waals surface area (Å²) in [6.45, 7) is 15.2. The van der Waals surface area contributed by atoms with Crippen molar-refractivity contribution in [3.63, 3.8) is 0 Å². The highest BCUT2D eigenvalue weighted by atomic mass is 14.9. The van der Waals surface area contributed by atoms with Crippen LogP contribution in [-0.2, 0) is 0 Å². The number of hydrogen-bond donors (Lipinski definition) is 0. The minimum atomic E-state index is 0.665. The van der Waals surface area contributed by atoms with Gasteiger partial charge in [0.1, 0.15) is 0 Å². The molecule has 0 radical (unpaired) electrons. The summed E-state index contributed by atoms with van der Waals surface area (Å²) in [4.78, 5) is 0. The second kappa shape index (κ2) is 1.95. The fraction of sp³-hybridized carbons (Fsp3) is 1.00. The van der Waals surface area contributed by atoms with Gasteiger partial charge in [0.2, 0.25) is 0 Å². The molecule has 14 heavy (non-hydrogen) atoms. The predicted molar refractivity (Wildman–Crippen MR) is 59.9 cm³/mol. The Morgan fingerprint density at radius 1 is 0.857 bits per heavy atom. The molecule has 0 nitrogen and oxygen atoms in total. The second-order valence-corrected chi connectivity index (χ2v) is 7.18. The SMILES string of the molecule is CC1C(C)C2(C)CC3(C)C(C)C1C23C. The maximum atomic E-state index is 2.58. The van der Waals surface area contributed by atoms with Gasteiger partial charge in [-0.05, 0) is 46.3 Å². The summed E-state index contributed by atoms with van der Waals surface area (Å²) in [5.74, 6) is 3.88. The van der Waals surface area contributed by atoms with Crippen LogP contribution in [0.3, 0.4) is 0 Å². The van der Waals surface area contributed by atoms with Gasteiger partial charge in [-0.25, -0.2) is 0 Å². The van der Waals surface area contributed by atoms with E-state index in [2.05, 4.69) is 41.5 Å². The average Bonchev–Trinajstić information content (AvgIpc) is 2.19. The van der Waals surface area contributed by atoms with Gasteiger partial charge in [-0.2, -0.15) is 0 Å². The molecule has 0 heteroatoms. The third kappa shape index (κ3) is 0.498. The predicted octanol–water partition coefficient (Wildman–Crippen LogP) is 3.96. The minimum absolute atomic E-state index is 0.665. The Hall–Kier alpha value is 0. The van der Waals surface area contributed by atoms with E-state index in [4.69, 9.17) is 0 Å². The largest absolute Gasteiger partial charge is 0.0619 e. The standard InChI is InChI=1S/C14H24/c1-8-9(2)12(4)7-13(5)10(3)11(8)14(12,13)6/h8-11H,7H2,1-6H3. The normalized spacial score (nSPS) is 75.0. The molecule has 0 bridgehead atoms. The van der Waals surface area contributed by atoms with Crippen LogP contribution in [0.25, 0.3) is 0 Å². The van der Waals surface area contributed by atoms with Crippen molar-refractivity contribution in [3.8, 4) is 0 Å². The van der Waals surface area contributed by atoms with E-state index in [0.29, 0.717) is 16.2 Å². The highest BCUT2D eigenvalue weighted by Crippen LogP contribution is 2.90. The summed E-state index contributed by atoms with van der Waals surface area (Å²) < 4.78 is 0. The Morgan fingerprint density at radius 2 is 1.36 bits per heavy atom. The Balaban J connectivity index is 2.12. The second-order valence-electron chi connectivity index (χ2n) is 7.18. The zero-order chi connectivity index (χ0) is 10.5. The molecule has 7 unspecified atom stereocenters. The third-order valence-electron chi connectivity index (χ3n) is 7.68. The van der Waals surface area contributed by atoms with E-state index in [1.165, 1.54) is 6.42 Å². The zero-order valence-electron chi connectivity index (χ0n) is 10.5. The van der Waals surface area contributed by atoms with Crippen molar-refractivity contribution < 1.29 is 0 Å².